The third kappa shape index (κ3) is 2.64. The van der Waals surface area contributed by atoms with Crippen LogP contribution < -0.4 is 4.74 Å². The highest BCUT2D eigenvalue weighted by Crippen LogP contribution is 2.31. The van der Waals surface area contributed by atoms with Gasteiger partial charge in [0.2, 0.25) is 0 Å². The van der Waals surface area contributed by atoms with Crippen molar-refractivity contribution < 1.29 is 4.74 Å². The van der Waals surface area contributed by atoms with Crippen molar-refractivity contribution in [2.45, 2.75) is 6.54 Å². The number of nitrogens with zero attached hydrogens (tertiary/aromatic N) is 2. The van der Waals surface area contributed by atoms with Gasteiger partial charge in [-0.2, -0.15) is 0 Å². The Kier molecular flexibility index (Phi) is 3.87. The number of hydrogen-bond donors (Lipinski definition) is 1. The van der Waals surface area contributed by atoms with Gasteiger partial charge in [-0.15, -0.1) is 0 Å². The number of benzene rings is 1. The van der Waals surface area contributed by atoms with Crippen molar-refractivity contribution in [3.05, 3.63) is 28.9 Å². The number of nitrogens with one attached hydrogen (secondary N) is 1. The van der Waals surface area contributed by atoms with Crippen molar-refractivity contribution in [3.63, 3.8) is 0 Å². The van der Waals surface area contributed by atoms with E-state index in [4.69, 9.17) is 16.3 Å². The maximum atomic E-state index is 6.51. The fourth-order valence-electron chi connectivity index (χ4n) is 2.66. The number of hydrogen-bond acceptors (Lipinski definition) is 3. The summed E-state index contributed by atoms with van der Waals surface area (Å²) in [4.78, 5) is 8.22. The minimum atomic E-state index is 0.817. The van der Waals surface area contributed by atoms with Crippen LogP contribution in [0.2, 0.25) is 5.02 Å². The number of likely N-dealkylation sites (N-methyl/N-ethyl adjacent to an activating group) is 1. The summed E-state index contributed by atoms with van der Waals surface area (Å²) in [5, 5.41) is 1.85. The van der Waals surface area contributed by atoms with Crippen molar-refractivity contribution >= 4 is 22.5 Å². The van der Waals surface area contributed by atoms with Crippen molar-refractivity contribution in [2.75, 3.05) is 40.3 Å². The van der Waals surface area contributed by atoms with Crippen LogP contribution in [0.15, 0.2) is 18.2 Å². The van der Waals surface area contributed by atoms with E-state index in [0.29, 0.717) is 0 Å². The molecule has 1 fully saturated rings. The second-order valence-corrected chi connectivity index (χ2v) is 5.79. The summed E-state index contributed by atoms with van der Waals surface area (Å²) in [5.74, 6) is 0.838. The number of methoxy groups -OCH3 is 1. The molecule has 1 aliphatic rings. The molecule has 1 N–H and O–H groups in total. The summed E-state index contributed by atoms with van der Waals surface area (Å²) in [5.41, 5.74) is 2.17. The predicted octanol–water partition coefficient (Wildman–Crippen LogP) is 2.58. The van der Waals surface area contributed by atoms with Crippen molar-refractivity contribution in [1.29, 1.82) is 0 Å². The van der Waals surface area contributed by atoms with Gasteiger partial charge in [0.25, 0.3) is 0 Å². The Bertz CT molecular complexity index is 602. The van der Waals surface area contributed by atoms with Gasteiger partial charge >= 0.3 is 0 Å². The lowest BCUT2D eigenvalue weighted by atomic mass is 10.2. The van der Waals surface area contributed by atoms with Crippen molar-refractivity contribution in [3.8, 4) is 5.75 Å². The van der Waals surface area contributed by atoms with E-state index in [9.17, 15) is 0 Å². The van der Waals surface area contributed by atoms with E-state index < -0.39 is 0 Å². The summed E-state index contributed by atoms with van der Waals surface area (Å²) in [6.07, 6.45) is 0. The summed E-state index contributed by atoms with van der Waals surface area (Å²) < 4.78 is 5.26. The first kappa shape index (κ1) is 13.7. The second-order valence-electron chi connectivity index (χ2n) is 5.41. The molecular formula is C15H20ClN3O. The van der Waals surface area contributed by atoms with Gasteiger partial charge in [0, 0.05) is 49.3 Å². The Morgan fingerprint density at radius 1 is 1.25 bits per heavy atom. The Hall–Kier alpha value is -1.23. The standard InChI is InChI=1S/C15H20ClN3O/c1-18-5-7-19(8-6-18)10-14-15(16)12-9-11(20-2)3-4-13(12)17-14/h3-4,9,17H,5-8,10H2,1-2H3. The topological polar surface area (TPSA) is 31.5 Å². The molecule has 4 nitrogen and oxygen atoms in total. The van der Waals surface area contributed by atoms with Crippen LogP contribution in [0.3, 0.4) is 0 Å². The van der Waals surface area contributed by atoms with E-state index in [0.717, 1.165) is 60.1 Å². The van der Waals surface area contributed by atoms with E-state index >= 15 is 0 Å². The molecule has 0 saturated carbocycles. The number of aromatic nitrogens is 1. The molecule has 1 saturated heterocycles. The van der Waals surface area contributed by atoms with Gasteiger partial charge in [-0.1, -0.05) is 11.6 Å². The summed E-state index contributed by atoms with van der Waals surface area (Å²) >= 11 is 6.51. The summed E-state index contributed by atoms with van der Waals surface area (Å²) in [6, 6.07) is 5.96. The fraction of sp³-hybridized carbons (Fsp3) is 0.467. The lowest BCUT2D eigenvalue weighted by Gasteiger charge is -2.32. The Morgan fingerprint density at radius 2 is 2.00 bits per heavy atom. The molecule has 0 aliphatic carbocycles. The molecule has 0 unspecified atom stereocenters. The van der Waals surface area contributed by atoms with Crippen LogP contribution in [-0.4, -0.2) is 55.1 Å². The van der Waals surface area contributed by atoms with E-state index in [2.05, 4.69) is 21.8 Å². The highest BCUT2D eigenvalue weighted by Gasteiger charge is 2.17. The number of H-pyrrole nitrogens is 1. The van der Waals surface area contributed by atoms with Gasteiger partial charge < -0.3 is 14.6 Å². The largest absolute Gasteiger partial charge is 0.497 e. The molecule has 108 valence electrons. The molecule has 0 bridgehead atoms. The third-order valence-corrected chi connectivity index (χ3v) is 4.42. The first-order chi connectivity index (χ1) is 9.67. The van der Waals surface area contributed by atoms with Gasteiger partial charge in [0.05, 0.1) is 12.1 Å². The highest BCUT2D eigenvalue weighted by molar-refractivity contribution is 6.36. The molecule has 0 amide bonds. The minimum Gasteiger partial charge on any atom is -0.497 e. The van der Waals surface area contributed by atoms with Crippen LogP contribution in [0.25, 0.3) is 10.9 Å². The van der Waals surface area contributed by atoms with Crippen LogP contribution in [-0.2, 0) is 6.54 Å². The molecule has 2 heterocycles. The van der Waals surface area contributed by atoms with E-state index in [1.807, 2.05) is 18.2 Å². The zero-order valence-electron chi connectivity index (χ0n) is 11.9. The van der Waals surface area contributed by atoms with Gasteiger partial charge in [-0.25, -0.2) is 0 Å². The van der Waals surface area contributed by atoms with E-state index in [-0.39, 0.29) is 0 Å². The average Bonchev–Trinajstić information content (AvgIpc) is 2.77. The van der Waals surface area contributed by atoms with Crippen LogP contribution >= 0.6 is 11.6 Å². The van der Waals surface area contributed by atoms with Gasteiger partial charge in [-0.3, -0.25) is 4.90 Å². The maximum Gasteiger partial charge on any atom is 0.119 e. The smallest absolute Gasteiger partial charge is 0.119 e. The molecule has 0 spiro atoms. The fourth-order valence-corrected chi connectivity index (χ4v) is 2.92. The molecule has 1 aromatic carbocycles. The molecule has 0 radical (unpaired) electrons. The molecule has 0 atom stereocenters. The number of halogens is 1. The molecule has 3 rings (SSSR count). The monoisotopic (exact) mass is 293 g/mol. The average molecular weight is 294 g/mol. The van der Waals surface area contributed by atoms with Crippen LogP contribution in [0.5, 0.6) is 5.75 Å². The number of fused-ring (bicyclic) bond motifs is 1. The number of rotatable bonds is 3. The Labute approximate surface area is 124 Å². The van der Waals surface area contributed by atoms with Crippen LogP contribution in [0.4, 0.5) is 0 Å². The van der Waals surface area contributed by atoms with E-state index in [1.165, 1.54) is 0 Å². The number of piperazine rings is 1. The zero-order valence-corrected chi connectivity index (χ0v) is 12.7. The SMILES string of the molecule is COc1ccc2[nH]c(CN3CCN(C)CC3)c(Cl)c2c1. The maximum absolute atomic E-state index is 6.51. The highest BCUT2D eigenvalue weighted by atomic mass is 35.5. The third-order valence-electron chi connectivity index (χ3n) is 3.99. The minimum absolute atomic E-state index is 0.817. The normalized spacial score (nSPS) is 17.8. The van der Waals surface area contributed by atoms with E-state index in [1.54, 1.807) is 7.11 Å². The Balaban J connectivity index is 1.83. The van der Waals surface area contributed by atoms with Gasteiger partial charge in [0.15, 0.2) is 0 Å². The van der Waals surface area contributed by atoms with Crippen LogP contribution in [0.1, 0.15) is 5.69 Å². The molecule has 20 heavy (non-hydrogen) atoms. The summed E-state index contributed by atoms with van der Waals surface area (Å²) in [7, 11) is 3.84. The Morgan fingerprint density at radius 3 is 2.70 bits per heavy atom. The number of ether oxygens (including phenoxy) is 1. The van der Waals surface area contributed by atoms with Crippen molar-refractivity contribution in [1.82, 2.24) is 14.8 Å². The molecule has 1 aromatic heterocycles. The van der Waals surface area contributed by atoms with Gasteiger partial charge in [-0.05, 0) is 25.2 Å². The first-order valence-electron chi connectivity index (χ1n) is 6.92. The van der Waals surface area contributed by atoms with Gasteiger partial charge in [0.1, 0.15) is 5.75 Å². The number of aromatic amines is 1. The van der Waals surface area contributed by atoms with Crippen LogP contribution in [0, 0.1) is 0 Å². The quantitative estimate of drug-likeness (QED) is 0.944. The molecular weight excluding hydrogens is 274 g/mol. The lowest BCUT2D eigenvalue weighted by Crippen LogP contribution is -2.43. The zero-order chi connectivity index (χ0) is 14.1. The summed E-state index contributed by atoms with van der Waals surface area (Å²) in [6.45, 7) is 5.29. The lowest BCUT2D eigenvalue weighted by molar-refractivity contribution is 0.147. The second kappa shape index (κ2) is 5.64. The molecule has 2 aromatic rings. The van der Waals surface area contributed by atoms with Crippen molar-refractivity contribution in [2.24, 2.45) is 0 Å². The molecule has 5 heteroatoms. The molecule has 1 aliphatic heterocycles. The first-order valence-corrected chi connectivity index (χ1v) is 7.30. The predicted molar refractivity (Wildman–Crippen MR) is 82.6 cm³/mol.